The van der Waals surface area contributed by atoms with E-state index < -0.39 is 24.0 Å². The third-order valence-electron chi connectivity index (χ3n) is 2.69. The Kier molecular flexibility index (Phi) is 3.76. The molecule has 0 fully saturated rings. The van der Waals surface area contributed by atoms with E-state index >= 15 is 0 Å². The molecule has 1 heterocycles. The van der Waals surface area contributed by atoms with Crippen LogP contribution in [0.4, 0.5) is 0 Å². The molecule has 16 heavy (non-hydrogen) atoms. The monoisotopic (exact) mass is 228 g/mol. The first-order valence-electron chi connectivity index (χ1n) is 5.08. The minimum absolute atomic E-state index is 0.373. The Bertz CT molecular complexity index is 316. The van der Waals surface area contributed by atoms with Crippen molar-refractivity contribution in [3.05, 3.63) is 12.4 Å². The van der Waals surface area contributed by atoms with Crippen molar-refractivity contribution in [2.45, 2.75) is 19.5 Å². The third kappa shape index (κ3) is 2.44. The zero-order chi connectivity index (χ0) is 12.3. The van der Waals surface area contributed by atoms with Crippen molar-refractivity contribution >= 4 is 11.9 Å². The quantitative estimate of drug-likeness (QED) is 0.701. The summed E-state index contributed by atoms with van der Waals surface area (Å²) in [5.74, 6) is -3.11. The van der Waals surface area contributed by atoms with Gasteiger partial charge in [0.2, 0.25) is 0 Å². The van der Waals surface area contributed by atoms with Crippen molar-refractivity contribution in [2.24, 2.45) is 5.92 Å². The van der Waals surface area contributed by atoms with Gasteiger partial charge in [0.1, 0.15) is 12.1 Å². The average Bonchev–Trinajstić information content (AvgIpc) is 2.55. The minimum atomic E-state index is -1.09. The lowest BCUT2D eigenvalue weighted by molar-refractivity contribution is -0.152. The molecule has 0 aromatic rings. The molecule has 2 atom stereocenters. The Hall–Kier alpha value is -1.72. The molecule has 1 rings (SSSR count). The maximum atomic E-state index is 11.1. The summed E-state index contributed by atoms with van der Waals surface area (Å²) in [6.45, 7) is 2.55. The Balaban J connectivity index is 2.84. The molecule has 0 aromatic heterocycles. The maximum Gasteiger partial charge on any atom is 0.311 e. The van der Waals surface area contributed by atoms with Crippen LogP contribution in [0.2, 0.25) is 0 Å². The molecule has 1 aliphatic heterocycles. The SMILES string of the molecule is CCN1C=CN(C)C1C(CC(=O)O)C(=O)O. The zero-order valence-corrected chi connectivity index (χ0v) is 9.33. The van der Waals surface area contributed by atoms with Crippen molar-refractivity contribution in [1.29, 1.82) is 0 Å². The Morgan fingerprint density at radius 1 is 1.38 bits per heavy atom. The smallest absolute Gasteiger partial charge is 0.311 e. The fourth-order valence-corrected chi connectivity index (χ4v) is 1.92. The second-order valence-corrected chi connectivity index (χ2v) is 3.75. The van der Waals surface area contributed by atoms with Gasteiger partial charge in [0.05, 0.1) is 6.42 Å². The van der Waals surface area contributed by atoms with Gasteiger partial charge in [-0.2, -0.15) is 0 Å². The average molecular weight is 228 g/mol. The fourth-order valence-electron chi connectivity index (χ4n) is 1.92. The highest BCUT2D eigenvalue weighted by molar-refractivity contribution is 5.78. The number of rotatable bonds is 5. The van der Waals surface area contributed by atoms with Gasteiger partial charge in [-0.05, 0) is 6.92 Å². The van der Waals surface area contributed by atoms with E-state index in [0.717, 1.165) is 0 Å². The summed E-state index contributed by atoms with van der Waals surface area (Å²) < 4.78 is 0. The van der Waals surface area contributed by atoms with Crippen molar-refractivity contribution < 1.29 is 19.8 Å². The summed E-state index contributed by atoms with van der Waals surface area (Å²) in [6.07, 6.45) is 2.75. The highest BCUT2D eigenvalue weighted by Crippen LogP contribution is 2.23. The highest BCUT2D eigenvalue weighted by atomic mass is 16.4. The number of carbonyl (C=O) groups is 2. The molecule has 2 N–H and O–H groups in total. The van der Waals surface area contributed by atoms with Crippen molar-refractivity contribution in [3.8, 4) is 0 Å². The van der Waals surface area contributed by atoms with Gasteiger partial charge < -0.3 is 20.0 Å². The van der Waals surface area contributed by atoms with E-state index in [1.807, 2.05) is 11.8 Å². The fraction of sp³-hybridized carbons (Fsp3) is 0.600. The van der Waals surface area contributed by atoms with E-state index in [-0.39, 0.29) is 6.42 Å². The Morgan fingerprint density at radius 3 is 2.44 bits per heavy atom. The van der Waals surface area contributed by atoms with E-state index in [9.17, 15) is 9.59 Å². The first-order valence-corrected chi connectivity index (χ1v) is 5.08. The van der Waals surface area contributed by atoms with E-state index in [4.69, 9.17) is 10.2 Å². The van der Waals surface area contributed by atoms with Crippen LogP contribution in [-0.4, -0.2) is 51.7 Å². The first-order chi connectivity index (χ1) is 7.47. The van der Waals surface area contributed by atoms with Crippen molar-refractivity contribution in [3.63, 3.8) is 0 Å². The van der Waals surface area contributed by atoms with Crippen LogP contribution < -0.4 is 0 Å². The van der Waals surface area contributed by atoms with Crippen LogP contribution in [0.5, 0.6) is 0 Å². The highest BCUT2D eigenvalue weighted by Gasteiger charge is 2.37. The van der Waals surface area contributed by atoms with Crippen LogP contribution in [0, 0.1) is 5.92 Å². The second kappa shape index (κ2) is 4.87. The molecule has 0 aliphatic carbocycles. The van der Waals surface area contributed by atoms with Crippen LogP contribution in [0.25, 0.3) is 0 Å². The van der Waals surface area contributed by atoms with Crippen LogP contribution in [0.15, 0.2) is 12.4 Å². The van der Waals surface area contributed by atoms with Gasteiger partial charge in [-0.25, -0.2) is 0 Å². The van der Waals surface area contributed by atoms with Crippen molar-refractivity contribution in [1.82, 2.24) is 9.80 Å². The molecule has 0 saturated heterocycles. The molecule has 1 aliphatic rings. The summed E-state index contributed by atoms with van der Waals surface area (Å²) in [4.78, 5) is 25.3. The van der Waals surface area contributed by atoms with Gasteiger partial charge in [-0.1, -0.05) is 0 Å². The molecule has 0 radical (unpaired) electrons. The largest absolute Gasteiger partial charge is 0.481 e. The van der Waals surface area contributed by atoms with Gasteiger partial charge in [-0.15, -0.1) is 0 Å². The Labute approximate surface area is 93.8 Å². The van der Waals surface area contributed by atoms with Gasteiger partial charge in [0, 0.05) is 26.0 Å². The molecule has 2 unspecified atom stereocenters. The minimum Gasteiger partial charge on any atom is -0.481 e. The van der Waals surface area contributed by atoms with Crippen LogP contribution >= 0.6 is 0 Å². The van der Waals surface area contributed by atoms with Gasteiger partial charge in [0.15, 0.2) is 0 Å². The Morgan fingerprint density at radius 2 is 2.00 bits per heavy atom. The number of nitrogens with zero attached hydrogens (tertiary/aromatic N) is 2. The van der Waals surface area contributed by atoms with Gasteiger partial charge >= 0.3 is 11.9 Å². The number of hydrogen-bond acceptors (Lipinski definition) is 4. The van der Waals surface area contributed by atoms with Crippen LogP contribution in [-0.2, 0) is 9.59 Å². The van der Waals surface area contributed by atoms with Crippen molar-refractivity contribution in [2.75, 3.05) is 13.6 Å². The third-order valence-corrected chi connectivity index (χ3v) is 2.69. The predicted molar refractivity (Wildman–Crippen MR) is 56.4 cm³/mol. The molecule has 90 valence electrons. The van der Waals surface area contributed by atoms with E-state index in [2.05, 4.69) is 0 Å². The standard InChI is InChI=1S/C10H16N2O4/c1-3-12-5-4-11(2)9(12)7(10(15)16)6-8(13)14/h4-5,7,9H,3,6H2,1-2H3,(H,13,14)(H,15,16). The molecule has 0 bridgehead atoms. The number of carboxylic acids is 2. The maximum absolute atomic E-state index is 11.1. The summed E-state index contributed by atoms with van der Waals surface area (Å²) in [7, 11) is 1.74. The zero-order valence-electron chi connectivity index (χ0n) is 9.33. The summed E-state index contributed by atoms with van der Waals surface area (Å²) >= 11 is 0. The lowest BCUT2D eigenvalue weighted by Gasteiger charge is -2.33. The topological polar surface area (TPSA) is 81.1 Å². The van der Waals surface area contributed by atoms with Crippen LogP contribution in [0.3, 0.4) is 0 Å². The van der Waals surface area contributed by atoms with Crippen LogP contribution in [0.1, 0.15) is 13.3 Å². The molecule has 0 spiro atoms. The lowest BCUT2D eigenvalue weighted by atomic mass is 10.0. The normalized spacial score (nSPS) is 21.2. The van der Waals surface area contributed by atoms with E-state index in [0.29, 0.717) is 6.54 Å². The summed E-state index contributed by atoms with van der Waals surface area (Å²) in [5, 5.41) is 17.8. The molecular formula is C10H16N2O4. The predicted octanol–water partition coefficient (Wildman–Crippen LogP) is 0.227. The molecule has 0 amide bonds. The van der Waals surface area contributed by atoms with E-state index in [1.54, 1.807) is 24.3 Å². The number of carboxylic acid groups (broad SMARTS) is 2. The first kappa shape index (κ1) is 12.4. The molecular weight excluding hydrogens is 212 g/mol. The summed E-state index contributed by atoms with van der Waals surface area (Å²) in [5.41, 5.74) is 0. The molecule has 0 saturated carbocycles. The second-order valence-electron chi connectivity index (χ2n) is 3.75. The summed E-state index contributed by atoms with van der Waals surface area (Å²) in [6, 6.07) is 0. The molecule has 6 nitrogen and oxygen atoms in total. The number of hydrogen-bond donors (Lipinski definition) is 2. The van der Waals surface area contributed by atoms with Gasteiger partial charge in [0.25, 0.3) is 0 Å². The lowest BCUT2D eigenvalue weighted by Crippen LogP contribution is -2.46. The van der Waals surface area contributed by atoms with Gasteiger partial charge in [-0.3, -0.25) is 9.59 Å². The van der Waals surface area contributed by atoms with E-state index in [1.165, 1.54) is 0 Å². The number of aliphatic carboxylic acids is 2. The molecule has 0 aromatic carbocycles. The molecule has 6 heteroatoms.